The topological polar surface area (TPSA) is 23.5 Å². The van der Waals surface area contributed by atoms with Crippen molar-refractivity contribution in [1.29, 1.82) is 0 Å². The summed E-state index contributed by atoms with van der Waals surface area (Å²) in [6.45, 7) is 2.32. The first-order chi connectivity index (χ1) is 6.09. The van der Waals surface area contributed by atoms with Crippen LogP contribution in [0.25, 0.3) is 0 Å². The monoisotopic (exact) mass is 183 g/mol. The summed E-state index contributed by atoms with van der Waals surface area (Å²) in [4.78, 5) is 1.77. The maximum absolute atomic E-state index is 12.5. The van der Waals surface area contributed by atoms with Crippen LogP contribution in [-0.2, 0) is 6.54 Å². The lowest BCUT2D eigenvalue weighted by atomic mass is 10.2. The van der Waals surface area contributed by atoms with Gasteiger partial charge in [0.1, 0.15) is 12.0 Å². The third kappa shape index (κ3) is 3.13. The Balaban J connectivity index is 2.59. The second-order valence-electron chi connectivity index (χ2n) is 3.17. The molecule has 1 rings (SSSR count). The molecule has 1 N–H and O–H groups in total. The van der Waals surface area contributed by atoms with Crippen molar-refractivity contribution in [1.82, 2.24) is 4.90 Å². The second-order valence-corrected chi connectivity index (χ2v) is 3.17. The molecule has 2 nitrogen and oxygen atoms in total. The van der Waals surface area contributed by atoms with E-state index in [2.05, 4.69) is 0 Å². The molecule has 13 heavy (non-hydrogen) atoms. The van der Waals surface area contributed by atoms with Gasteiger partial charge in [-0.3, -0.25) is 4.90 Å². The molecule has 72 valence electrons. The van der Waals surface area contributed by atoms with E-state index in [0.29, 0.717) is 6.54 Å². The Labute approximate surface area is 77.6 Å². The van der Waals surface area contributed by atoms with Crippen molar-refractivity contribution in [2.75, 3.05) is 7.05 Å². The number of halogens is 1. The third-order valence-corrected chi connectivity index (χ3v) is 1.98. The van der Waals surface area contributed by atoms with E-state index in [1.54, 1.807) is 24.0 Å². The largest absolute Gasteiger partial charge is 0.379 e. The summed E-state index contributed by atoms with van der Waals surface area (Å²) in [5, 5.41) is 9.19. The van der Waals surface area contributed by atoms with E-state index < -0.39 is 6.23 Å². The summed E-state index contributed by atoms with van der Waals surface area (Å²) in [5.74, 6) is -0.233. The van der Waals surface area contributed by atoms with E-state index in [-0.39, 0.29) is 5.82 Å². The van der Waals surface area contributed by atoms with Crippen LogP contribution in [0, 0.1) is 5.82 Å². The molecule has 1 aromatic carbocycles. The number of rotatable bonds is 3. The van der Waals surface area contributed by atoms with Gasteiger partial charge in [0.05, 0.1) is 0 Å². The fourth-order valence-electron chi connectivity index (χ4n) is 1.01. The molecule has 0 spiro atoms. The molecule has 1 unspecified atom stereocenters. The van der Waals surface area contributed by atoms with Crippen molar-refractivity contribution < 1.29 is 9.50 Å². The van der Waals surface area contributed by atoms with Crippen molar-refractivity contribution >= 4 is 0 Å². The van der Waals surface area contributed by atoms with Gasteiger partial charge in [-0.2, -0.15) is 0 Å². The number of hydrogen-bond acceptors (Lipinski definition) is 2. The van der Waals surface area contributed by atoms with Gasteiger partial charge in [-0.25, -0.2) is 4.39 Å². The smallest absolute Gasteiger partial charge is 0.123 e. The number of nitrogens with zero attached hydrogens (tertiary/aromatic N) is 1. The summed E-state index contributed by atoms with van der Waals surface area (Å²) in [5.41, 5.74) is 0.991. The fourth-order valence-corrected chi connectivity index (χ4v) is 1.01. The highest BCUT2D eigenvalue weighted by molar-refractivity contribution is 5.15. The van der Waals surface area contributed by atoms with E-state index >= 15 is 0 Å². The van der Waals surface area contributed by atoms with E-state index in [9.17, 15) is 9.50 Å². The maximum atomic E-state index is 12.5. The summed E-state index contributed by atoms with van der Waals surface area (Å²) >= 11 is 0. The van der Waals surface area contributed by atoms with E-state index in [1.807, 2.05) is 7.05 Å². The van der Waals surface area contributed by atoms with Crippen LogP contribution in [0.1, 0.15) is 12.5 Å². The Morgan fingerprint density at radius 2 is 1.92 bits per heavy atom. The molecule has 0 bridgehead atoms. The fraction of sp³-hybridized carbons (Fsp3) is 0.400. The number of hydrogen-bond donors (Lipinski definition) is 1. The van der Waals surface area contributed by atoms with Crippen LogP contribution < -0.4 is 0 Å². The Morgan fingerprint density at radius 1 is 1.38 bits per heavy atom. The van der Waals surface area contributed by atoms with Crippen molar-refractivity contribution in [3.63, 3.8) is 0 Å². The average molecular weight is 183 g/mol. The van der Waals surface area contributed by atoms with Gasteiger partial charge in [0.15, 0.2) is 0 Å². The van der Waals surface area contributed by atoms with Gasteiger partial charge in [0.2, 0.25) is 0 Å². The first-order valence-corrected chi connectivity index (χ1v) is 4.22. The Bertz CT molecular complexity index is 258. The lowest BCUT2D eigenvalue weighted by Gasteiger charge is -2.19. The highest BCUT2D eigenvalue weighted by Gasteiger charge is 2.04. The maximum Gasteiger partial charge on any atom is 0.123 e. The van der Waals surface area contributed by atoms with Crippen LogP contribution in [0.15, 0.2) is 24.3 Å². The van der Waals surface area contributed by atoms with Crippen molar-refractivity contribution in [2.45, 2.75) is 19.7 Å². The molecule has 0 aromatic heterocycles. The second kappa shape index (κ2) is 4.35. The molecule has 3 heteroatoms. The number of aliphatic hydroxyl groups is 1. The first kappa shape index (κ1) is 10.2. The predicted octanol–water partition coefficient (Wildman–Crippen LogP) is 1.60. The first-order valence-electron chi connectivity index (χ1n) is 4.22. The molecule has 0 radical (unpaired) electrons. The Kier molecular flexibility index (Phi) is 3.39. The molecule has 0 saturated heterocycles. The van der Waals surface area contributed by atoms with E-state index in [4.69, 9.17) is 0 Å². The Morgan fingerprint density at radius 3 is 2.38 bits per heavy atom. The molecule has 0 aliphatic heterocycles. The van der Waals surface area contributed by atoms with Crippen LogP contribution in [0.3, 0.4) is 0 Å². The Hall–Kier alpha value is -0.930. The molecular formula is C10H14FNO. The van der Waals surface area contributed by atoms with Crippen LogP contribution in [0.4, 0.5) is 4.39 Å². The van der Waals surface area contributed by atoms with Crippen LogP contribution in [0.5, 0.6) is 0 Å². The molecule has 0 amide bonds. The lowest BCUT2D eigenvalue weighted by molar-refractivity contribution is 0.0329. The summed E-state index contributed by atoms with van der Waals surface area (Å²) in [6.07, 6.45) is -0.481. The molecule has 1 atom stereocenters. The van der Waals surface area contributed by atoms with Gasteiger partial charge in [0, 0.05) is 6.54 Å². The van der Waals surface area contributed by atoms with Gasteiger partial charge in [0.25, 0.3) is 0 Å². The van der Waals surface area contributed by atoms with E-state index in [0.717, 1.165) is 5.56 Å². The van der Waals surface area contributed by atoms with Gasteiger partial charge < -0.3 is 5.11 Å². The van der Waals surface area contributed by atoms with Crippen molar-refractivity contribution in [3.05, 3.63) is 35.6 Å². The number of aliphatic hydroxyl groups excluding tert-OH is 1. The van der Waals surface area contributed by atoms with Gasteiger partial charge in [-0.15, -0.1) is 0 Å². The minimum Gasteiger partial charge on any atom is -0.379 e. The molecule has 0 saturated carbocycles. The molecular weight excluding hydrogens is 169 g/mol. The highest BCUT2D eigenvalue weighted by atomic mass is 19.1. The molecule has 0 fully saturated rings. The minimum absolute atomic E-state index is 0.233. The number of benzene rings is 1. The summed E-state index contributed by atoms with van der Waals surface area (Å²) in [7, 11) is 1.81. The van der Waals surface area contributed by atoms with Gasteiger partial charge in [-0.05, 0) is 31.7 Å². The van der Waals surface area contributed by atoms with Crippen LogP contribution in [0.2, 0.25) is 0 Å². The quantitative estimate of drug-likeness (QED) is 0.719. The van der Waals surface area contributed by atoms with Crippen molar-refractivity contribution in [2.24, 2.45) is 0 Å². The molecule has 0 aliphatic carbocycles. The standard InChI is InChI=1S/C10H14FNO/c1-8(13)12(2)7-9-3-5-10(11)6-4-9/h3-6,8,13H,7H2,1-2H3. The van der Waals surface area contributed by atoms with Gasteiger partial charge >= 0.3 is 0 Å². The van der Waals surface area contributed by atoms with E-state index in [1.165, 1.54) is 12.1 Å². The molecule has 1 aromatic rings. The third-order valence-electron chi connectivity index (χ3n) is 1.98. The average Bonchev–Trinajstić information content (AvgIpc) is 2.08. The molecule has 0 aliphatic rings. The molecule has 0 heterocycles. The lowest BCUT2D eigenvalue weighted by Crippen LogP contribution is -2.27. The summed E-state index contributed by atoms with van der Waals surface area (Å²) < 4.78 is 12.5. The van der Waals surface area contributed by atoms with Crippen LogP contribution in [-0.4, -0.2) is 23.3 Å². The highest BCUT2D eigenvalue weighted by Crippen LogP contribution is 2.06. The SMILES string of the molecule is CC(O)N(C)Cc1ccc(F)cc1. The summed E-state index contributed by atoms with van der Waals surface area (Å²) in [6, 6.07) is 6.28. The minimum atomic E-state index is -0.481. The van der Waals surface area contributed by atoms with Crippen molar-refractivity contribution in [3.8, 4) is 0 Å². The van der Waals surface area contributed by atoms with Crippen LogP contribution >= 0.6 is 0 Å². The predicted molar refractivity (Wildman–Crippen MR) is 49.5 cm³/mol. The zero-order valence-corrected chi connectivity index (χ0v) is 7.87. The normalized spacial score (nSPS) is 13.3. The van der Waals surface area contributed by atoms with Gasteiger partial charge in [-0.1, -0.05) is 12.1 Å². The zero-order chi connectivity index (χ0) is 9.84. The zero-order valence-electron chi connectivity index (χ0n) is 7.87.